The lowest BCUT2D eigenvalue weighted by atomic mass is 10.3. The van der Waals surface area contributed by atoms with Gasteiger partial charge in [-0.05, 0) is 19.1 Å². The molecule has 0 aliphatic heterocycles. The first kappa shape index (κ1) is 14.0. The Morgan fingerprint density at radius 3 is 2.76 bits per heavy atom. The molecule has 3 nitrogen and oxygen atoms in total. The van der Waals surface area contributed by atoms with E-state index in [1.807, 2.05) is 0 Å². The number of amides is 1. The lowest BCUT2D eigenvalue weighted by Gasteiger charge is -2.18. The zero-order chi connectivity index (χ0) is 12.8. The van der Waals surface area contributed by atoms with E-state index < -0.39 is 6.10 Å². The average Bonchev–Trinajstić information content (AvgIpc) is 2.26. The zero-order valence-corrected chi connectivity index (χ0v) is 10.7. The van der Waals surface area contributed by atoms with E-state index in [2.05, 4.69) is 0 Å². The van der Waals surface area contributed by atoms with Crippen molar-refractivity contribution >= 4 is 17.7 Å². The molecule has 1 atom stereocenters. The number of rotatable bonds is 5. The van der Waals surface area contributed by atoms with E-state index in [1.165, 1.54) is 11.0 Å². The van der Waals surface area contributed by atoms with Gasteiger partial charge < -0.3 is 10.0 Å². The van der Waals surface area contributed by atoms with Gasteiger partial charge in [0, 0.05) is 18.5 Å². The van der Waals surface area contributed by atoms with Crippen LogP contribution in [0.15, 0.2) is 29.2 Å². The Hall–Kier alpha value is -1.07. The van der Waals surface area contributed by atoms with Gasteiger partial charge in [-0.3, -0.25) is 4.79 Å². The van der Waals surface area contributed by atoms with Gasteiger partial charge in [-0.2, -0.15) is 0 Å². The van der Waals surface area contributed by atoms with Crippen molar-refractivity contribution in [2.75, 3.05) is 19.3 Å². The Balaban J connectivity index is 2.46. The minimum absolute atomic E-state index is 0.126. The Labute approximate surface area is 105 Å². The van der Waals surface area contributed by atoms with Crippen molar-refractivity contribution < 1.29 is 14.3 Å². The summed E-state index contributed by atoms with van der Waals surface area (Å²) in [4.78, 5) is 13.5. The van der Waals surface area contributed by atoms with Gasteiger partial charge in [0.2, 0.25) is 5.91 Å². The lowest BCUT2D eigenvalue weighted by molar-refractivity contribution is -0.128. The molecule has 1 unspecified atom stereocenters. The third-order valence-corrected chi connectivity index (χ3v) is 3.19. The number of aliphatic hydroxyl groups excluding tert-OH is 1. The molecule has 0 fully saturated rings. The van der Waals surface area contributed by atoms with Crippen LogP contribution in [0.4, 0.5) is 4.39 Å². The van der Waals surface area contributed by atoms with Crippen LogP contribution < -0.4 is 0 Å². The number of halogens is 1. The van der Waals surface area contributed by atoms with Crippen LogP contribution in [0.2, 0.25) is 0 Å². The van der Waals surface area contributed by atoms with Crippen molar-refractivity contribution in [3.05, 3.63) is 30.1 Å². The van der Waals surface area contributed by atoms with Crippen LogP contribution in [0.25, 0.3) is 0 Å². The van der Waals surface area contributed by atoms with E-state index in [-0.39, 0.29) is 24.0 Å². The van der Waals surface area contributed by atoms with Crippen LogP contribution in [0.3, 0.4) is 0 Å². The molecule has 0 aliphatic rings. The van der Waals surface area contributed by atoms with Crippen LogP contribution in [-0.2, 0) is 4.79 Å². The average molecular weight is 257 g/mol. The van der Waals surface area contributed by atoms with Crippen molar-refractivity contribution in [2.24, 2.45) is 0 Å². The van der Waals surface area contributed by atoms with Gasteiger partial charge in [-0.15, -0.1) is 11.8 Å². The molecule has 1 aromatic carbocycles. The Kier molecular flexibility index (Phi) is 5.44. The summed E-state index contributed by atoms with van der Waals surface area (Å²) in [6, 6.07) is 6.35. The summed E-state index contributed by atoms with van der Waals surface area (Å²) in [5.74, 6) is -0.271. The van der Waals surface area contributed by atoms with Gasteiger partial charge in [0.1, 0.15) is 5.82 Å². The predicted octanol–water partition coefficient (Wildman–Crippen LogP) is 1.76. The molecule has 1 N–H and O–H groups in total. The highest BCUT2D eigenvalue weighted by Crippen LogP contribution is 2.21. The lowest BCUT2D eigenvalue weighted by Crippen LogP contribution is -2.34. The number of carbonyl (C=O) groups excluding carboxylic acids is 1. The van der Waals surface area contributed by atoms with E-state index in [0.717, 1.165) is 11.8 Å². The molecule has 0 heterocycles. The molecule has 0 aromatic heterocycles. The summed E-state index contributed by atoms with van der Waals surface area (Å²) in [5, 5.41) is 9.14. The number of thioether (sulfide) groups is 1. The predicted molar refractivity (Wildman–Crippen MR) is 66.4 cm³/mol. The Bertz CT molecular complexity index is 385. The number of hydrogen-bond acceptors (Lipinski definition) is 3. The normalized spacial score (nSPS) is 12.2. The molecule has 0 saturated heterocycles. The van der Waals surface area contributed by atoms with Crippen molar-refractivity contribution in [2.45, 2.75) is 17.9 Å². The third-order valence-electron chi connectivity index (χ3n) is 2.15. The number of aliphatic hydroxyl groups is 1. The van der Waals surface area contributed by atoms with Crippen molar-refractivity contribution in [3.63, 3.8) is 0 Å². The topological polar surface area (TPSA) is 40.5 Å². The SMILES string of the molecule is CC(O)CN(C)C(=O)CSc1ccccc1F. The molecule has 0 radical (unpaired) electrons. The second-order valence-electron chi connectivity index (χ2n) is 3.84. The molecule has 94 valence electrons. The highest BCUT2D eigenvalue weighted by molar-refractivity contribution is 8.00. The number of benzene rings is 1. The van der Waals surface area contributed by atoms with Crippen LogP contribution in [0.5, 0.6) is 0 Å². The molecule has 1 rings (SSSR count). The number of carbonyl (C=O) groups is 1. The molecular weight excluding hydrogens is 241 g/mol. The first-order valence-electron chi connectivity index (χ1n) is 5.30. The standard InChI is InChI=1S/C12H16FNO2S/c1-9(15)7-14(2)12(16)8-17-11-6-4-3-5-10(11)13/h3-6,9,15H,7-8H2,1-2H3. The highest BCUT2D eigenvalue weighted by Gasteiger charge is 2.12. The summed E-state index contributed by atoms with van der Waals surface area (Å²) in [7, 11) is 1.62. The van der Waals surface area contributed by atoms with Crippen molar-refractivity contribution in [1.82, 2.24) is 4.90 Å². The smallest absolute Gasteiger partial charge is 0.232 e. The van der Waals surface area contributed by atoms with E-state index in [0.29, 0.717) is 4.90 Å². The van der Waals surface area contributed by atoms with Crippen LogP contribution in [0.1, 0.15) is 6.92 Å². The summed E-state index contributed by atoms with van der Waals surface area (Å²) >= 11 is 1.16. The Morgan fingerprint density at radius 1 is 1.53 bits per heavy atom. The number of likely N-dealkylation sites (N-methyl/N-ethyl adjacent to an activating group) is 1. The molecule has 0 spiro atoms. The first-order chi connectivity index (χ1) is 8.00. The van der Waals surface area contributed by atoms with Crippen LogP contribution in [-0.4, -0.2) is 41.4 Å². The maximum atomic E-state index is 13.3. The van der Waals surface area contributed by atoms with E-state index in [4.69, 9.17) is 5.11 Å². The van der Waals surface area contributed by atoms with Crippen molar-refractivity contribution in [1.29, 1.82) is 0 Å². The van der Waals surface area contributed by atoms with Crippen molar-refractivity contribution in [3.8, 4) is 0 Å². The minimum atomic E-state index is -0.553. The second kappa shape index (κ2) is 6.61. The van der Waals surface area contributed by atoms with Gasteiger partial charge in [0.05, 0.1) is 11.9 Å². The fourth-order valence-corrected chi connectivity index (χ4v) is 2.19. The Morgan fingerprint density at radius 2 is 2.18 bits per heavy atom. The fraction of sp³-hybridized carbons (Fsp3) is 0.417. The van der Waals surface area contributed by atoms with E-state index >= 15 is 0 Å². The quantitative estimate of drug-likeness (QED) is 0.817. The largest absolute Gasteiger partial charge is 0.392 e. The molecule has 1 amide bonds. The summed E-state index contributed by atoms with van der Waals surface area (Å²) in [6.45, 7) is 1.91. The molecule has 5 heteroatoms. The summed E-state index contributed by atoms with van der Waals surface area (Å²) in [5.41, 5.74) is 0. The highest BCUT2D eigenvalue weighted by atomic mass is 32.2. The van der Waals surface area contributed by atoms with Gasteiger partial charge in [-0.25, -0.2) is 4.39 Å². The monoisotopic (exact) mass is 257 g/mol. The van der Waals surface area contributed by atoms with E-state index in [9.17, 15) is 9.18 Å². The number of hydrogen-bond donors (Lipinski definition) is 1. The van der Waals surface area contributed by atoms with Crippen LogP contribution >= 0.6 is 11.8 Å². The molecule has 17 heavy (non-hydrogen) atoms. The third kappa shape index (κ3) is 4.75. The zero-order valence-electron chi connectivity index (χ0n) is 9.89. The second-order valence-corrected chi connectivity index (χ2v) is 4.86. The minimum Gasteiger partial charge on any atom is -0.392 e. The molecule has 0 bridgehead atoms. The van der Waals surface area contributed by atoms with Gasteiger partial charge in [0.25, 0.3) is 0 Å². The molecule has 1 aromatic rings. The van der Waals surface area contributed by atoms with Gasteiger partial charge in [0.15, 0.2) is 0 Å². The maximum Gasteiger partial charge on any atom is 0.232 e. The van der Waals surface area contributed by atoms with Gasteiger partial charge in [-0.1, -0.05) is 12.1 Å². The fourth-order valence-electron chi connectivity index (χ4n) is 1.31. The first-order valence-corrected chi connectivity index (χ1v) is 6.28. The summed E-state index contributed by atoms with van der Waals surface area (Å²) in [6.07, 6.45) is -0.553. The van der Waals surface area contributed by atoms with Gasteiger partial charge >= 0.3 is 0 Å². The van der Waals surface area contributed by atoms with E-state index in [1.54, 1.807) is 32.2 Å². The molecule has 0 saturated carbocycles. The molecular formula is C12H16FNO2S. The maximum absolute atomic E-state index is 13.3. The van der Waals surface area contributed by atoms with Crippen LogP contribution in [0, 0.1) is 5.82 Å². The molecule has 0 aliphatic carbocycles. The number of nitrogens with zero attached hydrogens (tertiary/aromatic N) is 1. The summed E-state index contributed by atoms with van der Waals surface area (Å²) < 4.78 is 13.3.